The molecule has 2 aromatic carbocycles. The van der Waals surface area contributed by atoms with E-state index in [1.165, 1.54) is 0 Å². The van der Waals surface area contributed by atoms with Crippen molar-refractivity contribution in [1.82, 2.24) is 9.88 Å². The van der Waals surface area contributed by atoms with Gasteiger partial charge in [0, 0.05) is 29.7 Å². The maximum atomic E-state index is 12.9. The third kappa shape index (κ3) is 3.83. The van der Waals surface area contributed by atoms with Gasteiger partial charge in [-0.05, 0) is 30.2 Å². The maximum Gasteiger partial charge on any atom is 0.268 e. The second-order valence-electron chi connectivity index (χ2n) is 6.52. The Labute approximate surface area is 165 Å². The van der Waals surface area contributed by atoms with E-state index in [0.29, 0.717) is 18.8 Å². The number of aryl methyl sites for hydroxylation is 1. The van der Waals surface area contributed by atoms with Crippen LogP contribution in [0.3, 0.4) is 0 Å². The topological polar surface area (TPSA) is 47.2 Å². The van der Waals surface area contributed by atoms with Crippen LogP contribution in [-0.4, -0.2) is 10.5 Å². The fourth-order valence-electron chi connectivity index (χ4n) is 3.16. The van der Waals surface area contributed by atoms with Crippen LogP contribution in [0.4, 0.5) is 0 Å². The van der Waals surface area contributed by atoms with Crippen LogP contribution in [0.2, 0.25) is 0 Å². The van der Waals surface area contributed by atoms with Crippen molar-refractivity contribution in [3.8, 4) is 0 Å². The van der Waals surface area contributed by atoms with Gasteiger partial charge in [0.25, 0.3) is 5.91 Å². The van der Waals surface area contributed by atoms with Gasteiger partial charge in [0.2, 0.25) is 0 Å². The molecular weight excluding hydrogens is 404 g/mol. The molecule has 0 atom stereocenters. The van der Waals surface area contributed by atoms with E-state index in [9.17, 15) is 4.79 Å². The summed E-state index contributed by atoms with van der Waals surface area (Å²) in [6.07, 6.45) is 0. The van der Waals surface area contributed by atoms with E-state index < -0.39 is 0 Å². The van der Waals surface area contributed by atoms with E-state index in [-0.39, 0.29) is 5.91 Å². The molecule has 0 spiro atoms. The summed E-state index contributed by atoms with van der Waals surface area (Å²) >= 11 is 3.46. The van der Waals surface area contributed by atoms with Gasteiger partial charge in [-0.2, -0.15) is 0 Å². The van der Waals surface area contributed by atoms with Crippen LogP contribution in [0.5, 0.6) is 0 Å². The van der Waals surface area contributed by atoms with E-state index in [4.69, 9.17) is 4.42 Å². The van der Waals surface area contributed by atoms with Crippen molar-refractivity contribution in [2.45, 2.75) is 20.0 Å². The third-order valence-corrected chi connectivity index (χ3v) is 5.02. The zero-order valence-electron chi connectivity index (χ0n) is 14.9. The number of nitrogens with one attached hydrogen (secondary N) is 1. The Morgan fingerprint density at radius 1 is 1.04 bits per heavy atom. The Balaban J connectivity index is 1.64. The minimum atomic E-state index is -0.111. The van der Waals surface area contributed by atoms with Crippen molar-refractivity contribution in [3.63, 3.8) is 0 Å². The maximum absolute atomic E-state index is 12.9. The Bertz CT molecular complexity index is 1080. The second-order valence-corrected chi connectivity index (χ2v) is 7.43. The van der Waals surface area contributed by atoms with Gasteiger partial charge in [-0.3, -0.25) is 4.79 Å². The van der Waals surface area contributed by atoms with Gasteiger partial charge < -0.3 is 14.3 Å². The molecule has 1 amide bonds. The Morgan fingerprint density at radius 3 is 2.52 bits per heavy atom. The second kappa shape index (κ2) is 7.45. The predicted molar refractivity (Wildman–Crippen MR) is 110 cm³/mol. The smallest absolute Gasteiger partial charge is 0.268 e. The zero-order valence-corrected chi connectivity index (χ0v) is 16.5. The number of aromatic nitrogens is 1. The van der Waals surface area contributed by atoms with Gasteiger partial charge in [-0.1, -0.05) is 58.4 Å². The van der Waals surface area contributed by atoms with Crippen molar-refractivity contribution in [1.29, 1.82) is 0 Å². The number of fused-ring (bicyclic) bond motifs is 1. The lowest BCUT2D eigenvalue weighted by atomic mass is 10.2. The van der Waals surface area contributed by atoms with Crippen LogP contribution >= 0.6 is 15.9 Å². The summed E-state index contributed by atoms with van der Waals surface area (Å²) in [4.78, 5) is 12.9. The van der Waals surface area contributed by atoms with Gasteiger partial charge in [0.15, 0.2) is 5.58 Å². The van der Waals surface area contributed by atoms with Crippen molar-refractivity contribution in [3.05, 3.63) is 93.8 Å². The summed E-state index contributed by atoms with van der Waals surface area (Å²) in [5, 5.41) is 3.01. The molecule has 0 radical (unpaired) electrons. The molecule has 4 rings (SSSR count). The standard InChI is InChI=1S/C22H19BrN2O2/c1-15-11-19-21(27-15)12-20(22(26)24-13-16-5-3-2-4-6-16)25(19)14-17-7-9-18(23)10-8-17/h2-12H,13-14H2,1H3,(H,24,26). The quantitative estimate of drug-likeness (QED) is 0.475. The number of hydrogen-bond acceptors (Lipinski definition) is 2. The monoisotopic (exact) mass is 422 g/mol. The van der Waals surface area contributed by atoms with Crippen LogP contribution in [0.15, 0.2) is 75.6 Å². The summed E-state index contributed by atoms with van der Waals surface area (Å²) in [7, 11) is 0. The first-order valence-corrected chi connectivity index (χ1v) is 9.56. The van der Waals surface area contributed by atoms with E-state index in [1.54, 1.807) is 0 Å². The van der Waals surface area contributed by atoms with Crippen LogP contribution < -0.4 is 5.32 Å². The molecule has 4 nitrogen and oxygen atoms in total. The van der Waals surface area contributed by atoms with Crippen LogP contribution in [-0.2, 0) is 13.1 Å². The van der Waals surface area contributed by atoms with E-state index >= 15 is 0 Å². The van der Waals surface area contributed by atoms with Crippen LogP contribution in [0.1, 0.15) is 27.4 Å². The highest BCUT2D eigenvalue weighted by molar-refractivity contribution is 9.10. The molecule has 0 bridgehead atoms. The first-order valence-electron chi connectivity index (χ1n) is 8.76. The molecule has 0 aliphatic heterocycles. The number of benzene rings is 2. The normalized spacial score (nSPS) is 11.0. The van der Waals surface area contributed by atoms with Crippen molar-refractivity contribution >= 4 is 32.9 Å². The summed E-state index contributed by atoms with van der Waals surface area (Å²) in [5.41, 5.74) is 4.44. The molecule has 0 fully saturated rings. The highest BCUT2D eigenvalue weighted by Crippen LogP contribution is 2.25. The number of amides is 1. The van der Waals surface area contributed by atoms with Gasteiger partial charge in [0.1, 0.15) is 11.5 Å². The van der Waals surface area contributed by atoms with Crippen molar-refractivity contribution in [2.75, 3.05) is 0 Å². The van der Waals surface area contributed by atoms with Gasteiger partial charge in [0.05, 0.1) is 5.52 Å². The molecule has 0 saturated heterocycles. The fraction of sp³-hybridized carbons (Fsp3) is 0.136. The van der Waals surface area contributed by atoms with E-state index in [2.05, 4.69) is 33.4 Å². The Morgan fingerprint density at radius 2 is 1.78 bits per heavy atom. The lowest BCUT2D eigenvalue weighted by molar-refractivity contribution is 0.0942. The van der Waals surface area contributed by atoms with Crippen LogP contribution in [0.25, 0.3) is 11.1 Å². The van der Waals surface area contributed by atoms with Gasteiger partial charge in [-0.15, -0.1) is 0 Å². The summed E-state index contributed by atoms with van der Waals surface area (Å²) in [5.74, 6) is 0.723. The summed E-state index contributed by atoms with van der Waals surface area (Å²) < 4.78 is 8.79. The molecule has 27 heavy (non-hydrogen) atoms. The Kier molecular flexibility index (Phi) is 4.86. The molecular formula is C22H19BrN2O2. The number of rotatable bonds is 5. The number of carbonyl (C=O) groups excluding carboxylic acids is 1. The average Bonchev–Trinajstić information content (AvgIpc) is 3.19. The van der Waals surface area contributed by atoms with Crippen LogP contribution in [0, 0.1) is 6.92 Å². The van der Waals surface area contributed by atoms with Gasteiger partial charge >= 0.3 is 0 Å². The lowest BCUT2D eigenvalue weighted by Crippen LogP contribution is -2.25. The van der Waals surface area contributed by atoms with Crippen molar-refractivity contribution in [2.24, 2.45) is 0 Å². The molecule has 1 N–H and O–H groups in total. The molecule has 2 heterocycles. The average molecular weight is 423 g/mol. The molecule has 0 aliphatic rings. The number of hydrogen-bond donors (Lipinski definition) is 1. The highest BCUT2D eigenvalue weighted by atomic mass is 79.9. The number of carbonyl (C=O) groups is 1. The minimum absolute atomic E-state index is 0.111. The number of halogens is 1. The molecule has 4 aromatic rings. The number of furan rings is 1. The summed E-state index contributed by atoms with van der Waals surface area (Å²) in [6, 6.07) is 21.8. The minimum Gasteiger partial charge on any atom is -0.460 e. The Hall–Kier alpha value is -2.79. The molecule has 136 valence electrons. The van der Waals surface area contributed by atoms with Gasteiger partial charge in [-0.25, -0.2) is 0 Å². The zero-order chi connectivity index (χ0) is 18.8. The first kappa shape index (κ1) is 17.6. The SMILES string of the molecule is Cc1cc2c(cc(C(=O)NCc3ccccc3)n2Cc2ccc(Br)cc2)o1. The molecule has 0 saturated carbocycles. The first-order chi connectivity index (χ1) is 13.1. The predicted octanol–water partition coefficient (Wildman–Crippen LogP) is 5.28. The van der Waals surface area contributed by atoms with E-state index in [0.717, 1.165) is 32.5 Å². The molecule has 0 aliphatic carbocycles. The van der Waals surface area contributed by atoms with Crippen molar-refractivity contribution < 1.29 is 9.21 Å². The lowest BCUT2D eigenvalue weighted by Gasteiger charge is -2.11. The number of nitrogens with zero attached hydrogens (tertiary/aromatic N) is 1. The fourth-order valence-corrected chi connectivity index (χ4v) is 3.43. The molecule has 0 unspecified atom stereocenters. The molecule has 5 heteroatoms. The summed E-state index contributed by atoms with van der Waals surface area (Å²) in [6.45, 7) is 3.01. The molecule has 2 aromatic heterocycles. The van der Waals surface area contributed by atoms with E-state index in [1.807, 2.05) is 66.1 Å². The highest BCUT2D eigenvalue weighted by Gasteiger charge is 2.18. The third-order valence-electron chi connectivity index (χ3n) is 4.50. The largest absolute Gasteiger partial charge is 0.460 e.